The Morgan fingerprint density at radius 2 is 2.06 bits per heavy atom. The third kappa shape index (κ3) is 2.53. The molecule has 0 radical (unpaired) electrons. The van der Waals surface area contributed by atoms with Crippen molar-refractivity contribution in [2.75, 3.05) is 6.61 Å². The van der Waals surface area contributed by atoms with E-state index in [9.17, 15) is 14.4 Å². The molecule has 2 amide bonds. The SMILES string of the molecule is O=C(O)C1CCC(C(=O)N[C@@H]2CONC2=O)O1. The van der Waals surface area contributed by atoms with Gasteiger partial charge in [0.25, 0.3) is 5.91 Å². The van der Waals surface area contributed by atoms with Crippen molar-refractivity contribution in [2.24, 2.45) is 0 Å². The Morgan fingerprint density at radius 3 is 2.59 bits per heavy atom. The molecule has 2 heterocycles. The van der Waals surface area contributed by atoms with Crippen LogP contribution in [0.15, 0.2) is 0 Å². The minimum absolute atomic E-state index is 0.0552. The van der Waals surface area contributed by atoms with E-state index in [1.807, 2.05) is 0 Å². The number of hydroxylamine groups is 1. The number of hydrogen-bond acceptors (Lipinski definition) is 5. The van der Waals surface area contributed by atoms with Crippen LogP contribution in [0, 0.1) is 0 Å². The van der Waals surface area contributed by atoms with Crippen molar-refractivity contribution in [3.63, 3.8) is 0 Å². The highest BCUT2D eigenvalue weighted by molar-refractivity contribution is 5.90. The topological polar surface area (TPSA) is 114 Å². The molecule has 8 heteroatoms. The second-order valence-corrected chi connectivity index (χ2v) is 3.87. The fourth-order valence-corrected chi connectivity index (χ4v) is 1.73. The molecule has 0 aromatic heterocycles. The van der Waals surface area contributed by atoms with Crippen LogP contribution >= 0.6 is 0 Å². The molecule has 17 heavy (non-hydrogen) atoms. The van der Waals surface area contributed by atoms with Crippen molar-refractivity contribution in [2.45, 2.75) is 31.1 Å². The molecule has 0 saturated carbocycles. The first-order valence-electron chi connectivity index (χ1n) is 5.18. The highest BCUT2D eigenvalue weighted by Gasteiger charge is 2.37. The second-order valence-electron chi connectivity index (χ2n) is 3.87. The fourth-order valence-electron chi connectivity index (χ4n) is 1.73. The Kier molecular flexibility index (Phi) is 3.25. The summed E-state index contributed by atoms with van der Waals surface area (Å²) in [5, 5.41) is 11.1. The van der Waals surface area contributed by atoms with Crippen LogP contribution in [0.3, 0.4) is 0 Å². The smallest absolute Gasteiger partial charge is 0.332 e. The van der Waals surface area contributed by atoms with E-state index < -0.39 is 36.0 Å². The van der Waals surface area contributed by atoms with Crippen molar-refractivity contribution < 1.29 is 29.1 Å². The molecule has 8 nitrogen and oxygen atoms in total. The number of carbonyl (C=O) groups is 3. The molecule has 2 aliphatic heterocycles. The first kappa shape index (κ1) is 11.8. The summed E-state index contributed by atoms with van der Waals surface area (Å²) in [5.41, 5.74) is 2.10. The van der Waals surface area contributed by atoms with Crippen molar-refractivity contribution in [3.8, 4) is 0 Å². The van der Waals surface area contributed by atoms with Gasteiger partial charge in [0.2, 0.25) is 5.91 Å². The van der Waals surface area contributed by atoms with Gasteiger partial charge in [-0.15, -0.1) is 0 Å². The molecule has 2 rings (SSSR count). The summed E-state index contributed by atoms with van der Waals surface area (Å²) in [6.07, 6.45) is -1.14. The summed E-state index contributed by atoms with van der Waals surface area (Å²) >= 11 is 0. The monoisotopic (exact) mass is 244 g/mol. The van der Waals surface area contributed by atoms with Gasteiger partial charge in [0, 0.05) is 0 Å². The second kappa shape index (κ2) is 4.68. The van der Waals surface area contributed by atoms with Crippen LogP contribution in [-0.4, -0.2) is 47.7 Å². The van der Waals surface area contributed by atoms with Crippen LogP contribution in [0.4, 0.5) is 0 Å². The van der Waals surface area contributed by atoms with Gasteiger partial charge in [-0.05, 0) is 12.8 Å². The number of carboxylic acids is 1. The predicted molar refractivity (Wildman–Crippen MR) is 51.6 cm³/mol. The number of carbonyl (C=O) groups excluding carboxylic acids is 2. The third-order valence-electron chi connectivity index (χ3n) is 2.64. The summed E-state index contributed by atoms with van der Waals surface area (Å²) < 4.78 is 5.05. The maximum Gasteiger partial charge on any atom is 0.332 e. The summed E-state index contributed by atoms with van der Waals surface area (Å²) in [7, 11) is 0. The average Bonchev–Trinajstić information content (AvgIpc) is 2.88. The lowest BCUT2D eigenvalue weighted by atomic mass is 10.2. The lowest BCUT2D eigenvalue weighted by Crippen LogP contribution is -2.46. The standard InChI is InChI=1S/C9H12N2O6/c12-7-4(3-16-11-7)10-8(13)5-1-2-6(17-5)9(14)15/h4-6H,1-3H2,(H,10,13)(H,11,12)(H,14,15)/t4-,5?,6?/m1/s1. The zero-order valence-corrected chi connectivity index (χ0v) is 8.84. The molecule has 2 unspecified atom stereocenters. The highest BCUT2D eigenvalue weighted by Crippen LogP contribution is 2.20. The fraction of sp³-hybridized carbons (Fsp3) is 0.667. The number of ether oxygens (including phenoxy) is 1. The Hall–Kier alpha value is -1.67. The number of rotatable bonds is 3. The Balaban J connectivity index is 1.85. The maximum atomic E-state index is 11.7. The van der Waals surface area contributed by atoms with Crippen LogP contribution in [0.5, 0.6) is 0 Å². The molecule has 2 saturated heterocycles. The van der Waals surface area contributed by atoms with E-state index in [4.69, 9.17) is 9.84 Å². The van der Waals surface area contributed by atoms with Crippen LogP contribution in [0.1, 0.15) is 12.8 Å². The van der Waals surface area contributed by atoms with E-state index in [0.29, 0.717) is 12.8 Å². The van der Waals surface area contributed by atoms with Crippen LogP contribution in [0.2, 0.25) is 0 Å². The number of amides is 2. The van der Waals surface area contributed by atoms with Gasteiger partial charge in [0.1, 0.15) is 18.8 Å². The van der Waals surface area contributed by atoms with E-state index >= 15 is 0 Å². The van der Waals surface area contributed by atoms with Gasteiger partial charge in [0.15, 0.2) is 6.10 Å². The average molecular weight is 244 g/mol. The molecule has 3 atom stereocenters. The summed E-state index contributed by atoms with van der Waals surface area (Å²) in [6, 6.07) is -0.741. The molecular weight excluding hydrogens is 232 g/mol. The van der Waals surface area contributed by atoms with Gasteiger partial charge in [-0.1, -0.05) is 0 Å². The lowest BCUT2D eigenvalue weighted by Gasteiger charge is -2.13. The van der Waals surface area contributed by atoms with E-state index in [0.717, 1.165) is 0 Å². The van der Waals surface area contributed by atoms with E-state index in [1.165, 1.54) is 0 Å². The minimum Gasteiger partial charge on any atom is -0.479 e. The molecule has 2 fully saturated rings. The first-order chi connectivity index (χ1) is 8.08. The quantitative estimate of drug-likeness (QED) is 0.537. The molecule has 0 spiro atoms. The van der Waals surface area contributed by atoms with E-state index in [1.54, 1.807) is 0 Å². The lowest BCUT2D eigenvalue weighted by molar-refractivity contribution is -0.152. The van der Waals surface area contributed by atoms with Gasteiger partial charge in [-0.2, -0.15) is 0 Å². The maximum absolute atomic E-state index is 11.7. The zero-order chi connectivity index (χ0) is 12.4. The van der Waals surface area contributed by atoms with Crippen molar-refractivity contribution in [1.82, 2.24) is 10.8 Å². The zero-order valence-electron chi connectivity index (χ0n) is 8.84. The van der Waals surface area contributed by atoms with E-state index in [2.05, 4.69) is 15.6 Å². The Labute approximate surface area is 96.2 Å². The number of carboxylic acid groups (broad SMARTS) is 1. The predicted octanol–water partition coefficient (Wildman–Crippen LogP) is -1.84. The first-order valence-corrected chi connectivity index (χ1v) is 5.18. The van der Waals surface area contributed by atoms with Crippen LogP contribution in [0.25, 0.3) is 0 Å². The Morgan fingerprint density at radius 1 is 1.35 bits per heavy atom. The van der Waals surface area contributed by atoms with Crippen LogP contribution < -0.4 is 10.8 Å². The number of nitrogens with one attached hydrogen (secondary N) is 2. The van der Waals surface area contributed by atoms with Gasteiger partial charge >= 0.3 is 5.97 Å². The van der Waals surface area contributed by atoms with Crippen molar-refractivity contribution >= 4 is 17.8 Å². The summed E-state index contributed by atoms with van der Waals surface area (Å²) in [5.74, 6) is -1.99. The highest BCUT2D eigenvalue weighted by atomic mass is 16.7. The normalized spacial score (nSPS) is 32.2. The molecule has 2 aliphatic rings. The van der Waals surface area contributed by atoms with Crippen molar-refractivity contribution in [3.05, 3.63) is 0 Å². The molecule has 0 aromatic rings. The van der Waals surface area contributed by atoms with Crippen molar-refractivity contribution in [1.29, 1.82) is 0 Å². The Bertz CT molecular complexity index is 357. The van der Waals surface area contributed by atoms with Gasteiger partial charge < -0.3 is 15.2 Å². The van der Waals surface area contributed by atoms with Gasteiger partial charge in [0.05, 0.1) is 0 Å². The molecule has 0 aliphatic carbocycles. The summed E-state index contributed by atoms with van der Waals surface area (Å²) in [6.45, 7) is 0.0552. The number of hydrogen-bond donors (Lipinski definition) is 3. The largest absolute Gasteiger partial charge is 0.479 e. The third-order valence-corrected chi connectivity index (χ3v) is 2.64. The van der Waals surface area contributed by atoms with E-state index in [-0.39, 0.29) is 6.61 Å². The van der Waals surface area contributed by atoms with Crippen LogP contribution in [-0.2, 0) is 24.0 Å². The van der Waals surface area contributed by atoms with Gasteiger partial charge in [-0.3, -0.25) is 14.4 Å². The number of aliphatic carboxylic acids is 1. The molecule has 0 aromatic carbocycles. The molecule has 94 valence electrons. The van der Waals surface area contributed by atoms with Gasteiger partial charge in [-0.25, -0.2) is 10.3 Å². The summed E-state index contributed by atoms with van der Waals surface area (Å²) in [4.78, 5) is 38.0. The minimum atomic E-state index is -1.08. The molecule has 3 N–H and O–H groups in total. The molecular formula is C9H12N2O6. The molecule has 0 bridgehead atoms.